The molecule has 0 atom stereocenters. The molecule has 0 radical (unpaired) electrons. The largest absolute Gasteiger partial charge is 0.467 e. The van der Waals surface area contributed by atoms with E-state index in [-0.39, 0.29) is 5.28 Å². The topological polar surface area (TPSA) is 70.8 Å². The van der Waals surface area contributed by atoms with Crippen molar-refractivity contribution in [1.82, 2.24) is 19.9 Å². The number of halogens is 1. The van der Waals surface area contributed by atoms with E-state index >= 15 is 0 Å². The van der Waals surface area contributed by atoms with E-state index in [0.29, 0.717) is 18.2 Å². The molecule has 1 fully saturated rings. The average Bonchev–Trinajstić information content (AvgIpc) is 2.96. The summed E-state index contributed by atoms with van der Waals surface area (Å²) in [6.07, 6.45) is 5.59. The molecule has 1 N–H and O–H groups in total. The second-order valence-electron chi connectivity index (χ2n) is 4.86. The quantitative estimate of drug-likeness (QED) is 0.748. The van der Waals surface area contributed by atoms with Crippen molar-refractivity contribution in [2.45, 2.75) is 25.4 Å². The SMILES string of the molecule is Clc1nc(N(Cc2ccco2)C2CC2)c2[nH]cnc2n1. The third-order valence-electron chi connectivity index (χ3n) is 3.41. The van der Waals surface area contributed by atoms with Crippen LogP contribution in [0.3, 0.4) is 0 Å². The summed E-state index contributed by atoms with van der Waals surface area (Å²) < 4.78 is 5.44. The van der Waals surface area contributed by atoms with Gasteiger partial charge in [-0.3, -0.25) is 0 Å². The number of hydrogen-bond acceptors (Lipinski definition) is 5. The third-order valence-corrected chi connectivity index (χ3v) is 3.57. The summed E-state index contributed by atoms with van der Waals surface area (Å²) in [7, 11) is 0. The lowest BCUT2D eigenvalue weighted by molar-refractivity contribution is 0.500. The predicted octanol–water partition coefficient (Wildman–Crippen LogP) is 2.77. The Morgan fingerprint density at radius 2 is 2.30 bits per heavy atom. The fourth-order valence-electron chi connectivity index (χ4n) is 2.33. The van der Waals surface area contributed by atoms with Gasteiger partial charge in [0.1, 0.15) is 11.3 Å². The third kappa shape index (κ3) is 2.02. The summed E-state index contributed by atoms with van der Waals surface area (Å²) in [5.41, 5.74) is 1.40. The Labute approximate surface area is 119 Å². The Kier molecular flexibility index (Phi) is 2.63. The summed E-state index contributed by atoms with van der Waals surface area (Å²) in [5.74, 6) is 1.69. The lowest BCUT2D eigenvalue weighted by Gasteiger charge is -2.22. The number of H-pyrrole nitrogens is 1. The molecule has 0 aromatic carbocycles. The van der Waals surface area contributed by atoms with Crippen LogP contribution in [0.4, 0.5) is 5.82 Å². The van der Waals surface area contributed by atoms with Crippen LogP contribution in [-0.2, 0) is 6.54 Å². The Morgan fingerprint density at radius 1 is 1.40 bits per heavy atom. The smallest absolute Gasteiger partial charge is 0.226 e. The number of rotatable bonds is 4. The van der Waals surface area contributed by atoms with Crippen molar-refractivity contribution in [3.05, 3.63) is 35.8 Å². The van der Waals surface area contributed by atoms with Crippen molar-refractivity contribution >= 4 is 28.6 Å². The van der Waals surface area contributed by atoms with Gasteiger partial charge in [-0.2, -0.15) is 9.97 Å². The van der Waals surface area contributed by atoms with Gasteiger partial charge in [0.25, 0.3) is 0 Å². The number of anilines is 1. The van der Waals surface area contributed by atoms with E-state index in [1.165, 1.54) is 0 Å². The van der Waals surface area contributed by atoms with Crippen LogP contribution >= 0.6 is 11.6 Å². The first-order valence-corrected chi connectivity index (χ1v) is 6.85. The molecule has 0 aliphatic heterocycles. The first kappa shape index (κ1) is 11.7. The van der Waals surface area contributed by atoms with Gasteiger partial charge in [0, 0.05) is 6.04 Å². The molecule has 1 aliphatic rings. The highest BCUT2D eigenvalue weighted by Crippen LogP contribution is 2.35. The van der Waals surface area contributed by atoms with E-state index < -0.39 is 0 Å². The number of nitrogens with one attached hydrogen (secondary N) is 1. The van der Waals surface area contributed by atoms with Gasteiger partial charge in [0.05, 0.1) is 19.1 Å². The summed E-state index contributed by atoms with van der Waals surface area (Å²) in [6.45, 7) is 0.666. The number of nitrogens with zero attached hydrogens (tertiary/aromatic N) is 4. The van der Waals surface area contributed by atoms with E-state index in [2.05, 4.69) is 24.8 Å². The number of hydrogen-bond donors (Lipinski definition) is 1. The van der Waals surface area contributed by atoms with Crippen LogP contribution in [0.1, 0.15) is 18.6 Å². The molecule has 3 heterocycles. The van der Waals surface area contributed by atoms with Crippen LogP contribution in [0.5, 0.6) is 0 Å². The number of aromatic amines is 1. The second kappa shape index (κ2) is 4.49. The van der Waals surface area contributed by atoms with Crippen LogP contribution in [-0.4, -0.2) is 26.0 Å². The molecule has 4 rings (SSSR count). The van der Waals surface area contributed by atoms with E-state index in [1.54, 1.807) is 12.6 Å². The van der Waals surface area contributed by atoms with Crippen LogP contribution in [0.25, 0.3) is 11.2 Å². The molecule has 3 aromatic heterocycles. The predicted molar refractivity (Wildman–Crippen MR) is 74.6 cm³/mol. The van der Waals surface area contributed by atoms with E-state index in [0.717, 1.165) is 29.9 Å². The normalized spacial score (nSPS) is 14.8. The monoisotopic (exact) mass is 289 g/mol. The Balaban J connectivity index is 1.79. The van der Waals surface area contributed by atoms with Crippen molar-refractivity contribution in [3.63, 3.8) is 0 Å². The minimum Gasteiger partial charge on any atom is -0.467 e. The molecule has 1 aliphatic carbocycles. The molecule has 0 spiro atoms. The number of furan rings is 1. The van der Waals surface area contributed by atoms with Crippen molar-refractivity contribution in [2.24, 2.45) is 0 Å². The van der Waals surface area contributed by atoms with Gasteiger partial charge in [-0.1, -0.05) is 0 Å². The number of fused-ring (bicyclic) bond motifs is 1. The molecule has 0 bridgehead atoms. The van der Waals surface area contributed by atoms with Crippen molar-refractivity contribution in [2.75, 3.05) is 4.90 Å². The van der Waals surface area contributed by atoms with Gasteiger partial charge in [0.15, 0.2) is 11.5 Å². The Hall–Kier alpha value is -2.08. The summed E-state index contributed by atoms with van der Waals surface area (Å²) >= 11 is 6.01. The van der Waals surface area contributed by atoms with Crippen LogP contribution in [0, 0.1) is 0 Å². The highest BCUT2D eigenvalue weighted by Gasteiger charge is 2.32. The first-order chi connectivity index (χ1) is 9.81. The minimum atomic E-state index is 0.213. The lowest BCUT2D eigenvalue weighted by Crippen LogP contribution is -2.26. The number of imidazole rings is 1. The zero-order valence-electron chi connectivity index (χ0n) is 10.6. The maximum Gasteiger partial charge on any atom is 0.226 e. The van der Waals surface area contributed by atoms with Gasteiger partial charge in [-0.15, -0.1) is 0 Å². The van der Waals surface area contributed by atoms with Crippen molar-refractivity contribution < 1.29 is 4.42 Å². The Bertz CT molecular complexity index is 734. The van der Waals surface area contributed by atoms with Gasteiger partial charge in [-0.25, -0.2) is 4.98 Å². The standard InChI is InChI=1S/C13H12ClN5O/c14-13-17-11-10(15-7-16-11)12(18-13)19(8-3-4-8)6-9-2-1-5-20-9/h1-2,5,7-8H,3-4,6H2,(H,15,16,17,18). The van der Waals surface area contributed by atoms with Gasteiger partial charge in [-0.05, 0) is 36.6 Å². The highest BCUT2D eigenvalue weighted by molar-refractivity contribution is 6.28. The zero-order chi connectivity index (χ0) is 13.5. The molecular weight excluding hydrogens is 278 g/mol. The number of aromatic nitrogens is 4. The fourth-order valence-corrected chi connectivity index (χ4v) is 2.49. The minimum absolute atomic E-state index is 0.213. The molecule has 7 heteroatoms. The highest BCUT2D eigenvalue weighted by atomic mass is 35.5. The van der Waals surface area contributed by atoms with Crippen LogP contribution < -0.4 is 4.90 Å². The van der Waals surface area contributed by atoms with Crippen LogP contribution in [0.2, 0.25) is 5.28 Å². The molecule has 6 nitrogen and oxygen atoms in total. The zero-order valence-corrected chi connectivity index (χ0v) is 11.3. The van der Waals surface area contributed by atoms with Crippen molar-refractivity contribution in [3.8, 4) is 0 Å². The molecule has 0 amide bonds. The molecular formula is C13H12ClN5O. The maximum atomic E-state index is 6.01. The average molecular weight is 290 g/mol. The molecule has 0 saturated heterocycles. The molecule has 102 valence electrons. The first-order valence-electron chi connectivity index (χ1n) is 6.47. The molecule has 3 aromatic rings. The van der Waals surface area contributed by atoms with Gasteiger partial charge < -0.3 is 14.3 Å². The summed E-state index contributed by atoms with van der Waals surface area (Å²) in [4.78, 5) is 18.0. The maximum absolute atomic E-state index is 6.01. The molecule has 1 saturated carbocycles. The van der Waals surface area contributed by atoms with E-state index in [4.69, 9.17) is 16.0 Å². The Morgan fingerprint density at radius 3 is 3.05 bits per heavy atom. The molecule has 0 unspecified atom stereocenters. The summed E-state index contributed by atoms with van der Waals surface area (Å²) in [6, 6.07) is 4.32. The van der Waals surface area contributed by atoms with E-state index in [9.17, 15) is 0 Å². The lowest BCUT2D eigenvalue weighted by atomic mass is 10.3. The van der Waals surface area contributed by atoms with Crippen molar-refractivity contribution in [1.29, 1.82) is 0 Å². The second-order valence-corrected chi connectivity index (χ2v) is 5.19. The van der Waals surface area contributed by atoms with Gasteiger partial charge in [0.2, 0.25) is 5.28 Å². The fraction of sp³-hybridized carbons (Fsp3) is 0.308. The summed E-state index contributed by atoms with van der Waals surface area (Å²) in [5, 5.41) is 0.213. The van der Waals surface area contributed by atoms with Gasteiger partial charge >= 0.3 is 0 Å². The van der Waals surface area contributed by atoms with E-state index in [1.807, 2.05) is 12.1 Å². The molecule has 20 heavy (non-hydrogen) atoms. The van der Waals surface area contributed by atoms with Crippen LogP contribution in [0.15, 0.2) is 29.1 Å².